The molecule has 0 bridgehead atoms. The van der Waals surface area contributed by atoms with Crippen molar-refractivity contribution in [1.29, 1.82) is 0 Å². The molecule has 3 aromatic carbocycles. The van der Waals surface area contributed by atoms with Gasteiger partial charge in [0.15, 0.2) is 11.5 Å². The lowest BCUT2D eigenvalue weighted by Crippen LogP contribution is -2.26. The van der Waals surface area contributed by atoms with Crippen LogP contribution in [0.2, 0.25) is 0 Å². The van der Waals surface area contributed by atoms with Crippen LogP contribution in [0, 0.1) is 0 Å². The van der Waals surface area contributed by atoms with Crippen LogP contribution in [0.1, 0.15) is 18.2 Å². The van der Waals surface area contributed by atoms with E-state index in [0.29, 0.717) is 0 Å². The zero-order valence-corrected chi connectivity index (χ0v) is 17.7. The molecular formula is C25H21N3O2S. The summed E-state index contributed by atoms with van der Waals surface area (Å²) in [5.74, 6) is 3.95. The standard InChI is InChI=1S/C25H21N3O2S/c1-2-4-20-18(3-1)27-24-17(9-11-28(20)24)25-29-21-7-5-16(14-22(21)30-25)15-6-8-23-19(13-15)26-10-12-31-23/h1-8,13-14,17,25-26H,9-12H2. The molecule has 3 aliphatic rings. The van der Waals surface area contributed by atoms with Gasteiger partial charge in [-0.2, -0.15) is 0 Å². The average molecular weight is 428 g/mol. The molecule has 4 heterocycles. The van der Waals surface area contributed by atoms with Gasteiger partial charge in [0.05, 0.1) is 17.0 Å². The Hall–Kier alpha value is -3.12. The molecule has 7 rings (SSSR count). The fraction of sp³-hybridized carbons (Fsp3) is 0.240. The van der Waals surface area contributed by atoms with Crippen LogP contribution in [0.15, 0.2) is 65.6 Å². The van der Waals surface area contributed by atoms with E-state index in [-0.39, 0.29) is 12.2 Å². The molecule has 2 atom stereocenters. The van der Waals surface area contributed by atoms with E-state index in [1.165, 1.54) is 21.7 Å². The largest absolute Gasteiger partial charge is 0.450 e. The molecule has 1 aromatic heterocycles. The summed E-state index contributed by atoms with van der Waals surface area (Å²) < 4.78 is 14.9. The number of aromatic nitrogens is 2. The van der Waals surface area contributed by atoms with Gasteiger partial charge in [-0.15, -0.1) is 11.8 Å². The van der Waals surface area contributed by atoms with Crippen LogP contribution in [0.3, 0.4) is 0 Å². The molecule has 0 saturated heterocycles. The highest BCUT2D eigenvalue weighted by molar-refractivity contribution is 7.99. The number of para-hydroxylation sites is 2. The van der Waals surface area contributed by atoms with Gasteiger partial charge in [-0.05, 0) is 53.9 Å². The number of thioether (sulfide) groups is 1. The summed E-state index contributed by atoms with van der Waals surface area (Å²) in [6.45, 7) is 1.96. The molecule has 31 heavy (non-hydrogen) atoms. The van der Waals surface area contributed by atoms with Crippen molar-refractivity contribution in [3.05, 3.63) is 66.5 Å². The number of ether oxygens (including phenoxy) is 2. The summed E-state index contributed by atoms with van der Waals surface area (Å²) in [6.07, 6.45) is 0.650. The number of anilines is 1. The lowest BCUT2D eigenvalue weighted by Gasteiger charge is -2.18. The molecule has 2 unspecified atom stereocenters. The molecule has 0 radical (unpaired) electrons. The highest BCUT2D eigenvalue weighted by Crippen LogP contribution is 2.45. The van der Waals surface area contributed by atoms with Crippen LogP contribution in [-0.4, -0.2) is 28.1 Å². The van der Waals surface area contributed by atoms with Crippen LogP contribution in [0.4, 0.5) is 5.69 Å². The number of benzene rings is 3. The van der Waals surface area contributed by atoms with E-state index < -0.39 is 0 Å². The number of rotatable bonds is 2. The van der Waals surface area contributed by atoms with Gasteiger partial charge >= 0.3 is 0 Å². The molecule has 154 valence electrons. The van der Waals surface area contributed by atoms with E-state index in [0.717, 1.165) is 53.7 Å². The molecular weight excluding hydrogens is 406 g/mol. The Morgan fingerprint density at radius 1 is 0.968 bits per heavy atom. The number of aryl methyl sites for hydroxylation is 1. The summed E-state index contributed by atoms with van der Waals surface area (Å²) in [4.78, 5) is 6.20. The SMILES string of the molecule is c1ccc2c(c1)nc1n2CCC1C1Oc2ccc(-c3ccc4c(c3)NCCS4)cc2O1. The molecule has 0 saturated carbocycles. The minimum atomic E-state index is -0.329. The molecule has 4 aromatic rings. The Morgan fingerprint density at radius 2 is 1.84 bits per heavy atom. The van der Waals surface area contributed by atoms with Gasteiger partial charge in [0.25, 0.3) is 6.29 Å². The maximum absolute atomic E-state index is 6.32. The molecule has 5 nitrogen and oxygen atoms in total. The van der Waals surface area contributed by atoms with E-state index in [2.05, 4.69) is 58.4 Å². The minimum absolute atomic E-state index is 0.133. The van der Waals surface area contributed by atoms with Crippen molar-refractivity contribution in [1.82, 2.24) is 9.55 Å². The lowest BCUT2D eigenvalue weighted by molar-refractivity contribution is 0.0232. The van der Waals surface area contributed by atoms with Crippen LogP contribution in [0.5, 0.6) is 11.5 Å². The van der Waals surface area contributed by atoms with E-state index in [1.807, 2.05) is 23.9 Å². The zero-order valence-electron chi connectivity index (χ0n) is 16.9. The van der Waals surface area contributed by atoms with Crippen molar-refractivity contribution in [2.24, 2.45) is 0 Å². The number of hydrogen-bond acceptors (Lipinski definition) is 5. The highest BCUT2D eigenvalue weighted by Gasteiger charge is 2.39. The summed E-state index contributed by atoms with van der Waals surface area (Å²) in [5.41, 5.74) is 5.78. The molecule has 6 heteroatoms. The van der Waals surface area contributed by atoms with Crippen molar-refractivity contribution in [3.63, 3.8) is 0 Å². The van der Waals surface area contributed by atoms with Crippen molar-refractivity contribution in [3.8, 4) is 22.6 Å². The fourth-order valence-corrected chi connectivity index (χ4v) is 5.78. The van der Waals surface area contributed by atoms with E-state index in [9.17, 15) is 0 Å². The predicted molar refractivity (Wildman–Crippen MR) is 123 cm³/mol. The van der Waals surface area contributed by atoms with Crippen molar-refractivity contribution < 1.29 is 9.47 Å². The Balaban J connectivity index is 1.18. The van der Waals surface area contributed by atoms with E-state index in [1.54, 1.807) is 0 Å². The first-order chi connectivity index (χ1) is 15.3. The summed E-state index contributed by atoms with van der Waals surface area (Å²) >= 11 is 1.91. The molecule has 0 spiro atoms. The van der Waals surface area contributed by atoms with Crippen LogP contribution in [-0.2, 0) is 6.54 Å². The summed E-state index contributed by atoms with van der Waals surface area (Å²) in [7, 11) is 0. The third kappa shape index (κ3) is 2.74. The Labute approximate surface area is 184 Å². The van der Waals surface area contributed by atoms with Crippen molar-refractivity contribution >= 4 is 28.5 Å². The number of fused-ring (bicyclic) bond motifs is 5. The van der Waals surface area contributed by atoms with E-state index in [4.69, 9.17) is 14.5 Å². The summed E-state index contributed by atoms with van der Waals surface area (Å²) in [6, 6.07) is 21.2. The van der Waals surface area contributed by atoms with Gasteiger partial charge in [-0.25, -0.2) is 4.98 Å². The summed E-state index contributed by atoms with van der Waals surface area (Å²) in [5, 5.41) is 3.50. The Kier molecular flexibility index (Phi) is 3.79. The van der Waals surface area contributed by atoms with E-state index >= 15 is 0 Å². The number of imidazole rings is 1. The quantitative estimate of drug-likeness (QED) is 0.457. The third-order valence-corrected chi connectivity index (χ3v) is 7.50. The maximum Gasteiger partial charge on any atom is 0.251 e. The lowest BCUT2D eigenvalue weighted by atomic mass is 10.0. The fourth-order valence-electron chi connectivity index (χ4n) is 4.90. The normalized spacial score (nSPS) is 21.0. The van der Waals surface area contributed by atoms with Crippen LogP contribution < -0.4 is 14.8 Å². The first-order valence-electron chi connectivity index (χ1n) is 10.8. The molecule has 3 aliphatic heterocycles. The van der Waals surface area contributed by atoms with Crippen molar-refractivity contribution in [2.75, 3.05) is 17.6 Å². The number of nitrogens with one attached hydrogen (secondary N) is 1. The zero-order chi connectivity index (χ0) is 20.4. The second-order valence-corrected chi connectivity index (χ2v) is 9.39. The maximum atomic E-state index is 6.32. The second-order valence-electron chi connectivity index (χ2n) is 8.26. The first kappa shape index (κ1) is 17.5. The van der Waals surface area contributed by atoms with Crippen LogP contribution >= 0.6 is 11.8 Å². The average Bonchev–Trinajstić information content (AvgIpc) is 3.51. The van der Waals surface area contributed by atoms with Gasteiger partial charge in [-0.3, -0.25) is 0 Å². The van der Waals surface area contributed by atoms with Gasteiger partial charge in [0.1, 0.15) is 5.82 Å². The smallest absolute Gasteiger partial charge is 0.251 e. The predicted octanol–water partition coefficient (Wildman–Crippen LogP) is 5.51. The van der Waals surface area contributed by atoms with Gasteiger partial charge in [-0.1, -0.05) is 24.3 Å². The topological polar surface area (TPSA) is 48.3 Å². The van der Waals surface area contributed by atoms with Crippen LogP contribution in [0.25, 0.3) is 22.2 Å². The van der Waals surface area contributed by atoms with Gasteiger partial charge in [0, 0.05) is 29.4 Å². The molecule has 1 N–H and O–H groups in total. The monoisotopic (exact) mass is 427 g/mol. The molecule has 0 amide bonds. The molecule has 0 aliphatic carbocycles. The Morgan fingerprint density at radius 3 is 2.84 bits per heavy atom. The third-order valence-electron chi connectivity index (χ3n) is 6.43. The number of hydrogen-bond donors (Lipinski definition) is 1. The molecule has 0 fully saturated rings. The second kappa shape index (κ2) is 6.69. The van der Waals surface area contributed by atoms with Gasteiger partial charge in [0.2, 0.25) is 0 Å². The van der Waals surface area contributed by atoms with Gasteiger partial charge < -0.3 is 19.4 Å². The Bertz CT molecular complexity index is 1330. The highest BCUT2D eigenvalue weighted by atomic mass is 32.2. The number of nitrogens with zero attached hydrogens (tertiary/aromatic N) is 2. The minimum Gasteiger partial charge on any atom is -0.450 e. The van der Waals surface area contributed by atoms with Crippen molar-refractivity contribution in [2.45, 2.75) is 30.1 Å². The first-order valence-corrected chi connectivity index (χ1v) is 11.8.